The van der Waals surface area contributed by atoms with Gasteiger partial charge in [0.15, 0.2) is 0 Å². The Morgan fingerprint density at radius 2 is 2.00 bits per heavy atom. The van der Waals surface area contributed by atoms with Crippen molar-refractivity contribution in [1.82, 2.24) is 10.2 Å². The Morgan fingerprint density at radius 1 is 1.36 bits per heavy atom. The maximum Gasteiger partial charge on any atom is 0.292 e. The number of carbonyl (C=O) groups is 1. The van der Waals surface area contributed by atoms with E-state index in [0.29, 0.717) is 17.5 Å². The summed E-state index contributed by atoms with van der Waals surface area (Å²) in [5, 5.41) is 14.4. The van der Waals surface area contributed by atoms with Crippen molar-refractivity contribution in [3.05, 3.63) is 34.4 Å². The lowest BCUT2D eigenvalue weighted by Crippen LogP contribution is -2.39. The lowest BCUT2D eigenvalue weighted by molar-refractivity contribution is -0.384. The molecule has 0 aliphatic carbocycles. The summed E-state index contributed by atoms with van der Waals surface area (Å²) in [7, 11) is 1.72. The first kappa shape index (κ1) is 14.8. The third-order valence-electron chi connectivity index (χ3n) is 4.60. The Hall–Kier alpha value is -2.15. The maximum absolute atomic E-state index is 12.4. The number of likely N-dealkylation sites (tertiary alicyclic amines) is 1. The van der Waals surface area contributed by atoms with Gasteiger partial charge in [0.1, 0.15) is 5.69 Å². The number of carbonyl (C=O) groups excluding carboxylic acids is 1. The quantitative estimate of drug-likeness (QED) is 0.654. The number of fused-ring (bicyclic) bond motifs is 1. The van der Waals surface area contributed by atoms with Crippen LogP contribution in [-0.2, 0) is 4.79 Å². The predicted octanol–water partition coefficient (Wildman–Crippen LogP) is 0.709. The number of nitrogens with zero attached hydrogens (tertiary/aromatic N) is 3. The summed E-state index contributed by atoms with van der Waals surface area (Å²) in [4.78, 5) is 26.6. The minimum Gasteiger partial charge on any atom is -0.360 e. The zero-order valence-corrected chi connectivity index (χ0v) is 12.6. The normalized spacial score (nSPS) is 23.4. The number of nitro groups is 1. The fourth-order valence-corrected chi connectivity index (χ4v) is 3.39. The summed E-state index contributed by atoms with van der Waals surface area (Å²) in [5.41, 5.74) is 0.502. The van der Waals surface area contributed by atoms with E-state index in [0.717, 1.165) is 26.2 Å². The molecule has 0 bridgehead atoms. The summed E-state index contributed by atoms with van der Waals surface area (Å²) in [6, 6.07) is 6.51. The number of para-hydroxylation sites is 2. The topological polar surface area (TPSA) is 78.7 Å². The van der Waals surface area contributed by atoms with E-state index in [2.05, 4.69) is 5.32 Å². The fraction of sp³-hybridized carbons (Fsp3) is 0.533. The van der Waals surface area contributed by atoms with E-state index < -0.39 is 4.92 Å². The summed E-state index contributed by atoms with van der Waals surface area (Å²) in [5.74, 6) is 1.15. The van der Waals surface area contributed by atoms with Crippen molar-refractivity contribution in [3.8, 4) is 0 Å². The Kier molecular flexibility index (Phi) is 3.98. The average molecular weight is 304 g/mol. The number of anilines is 1. The summed E-state index contributed by atoms with van der Waals surface area (Å²) in [6.07, 6.45) is 0. The van der Waals surface area contributed by atoms with Gasteiger partial charge >= 0.3 is 0 Å². The van der Waals surface area contributed by atoms with Gasteiger partial charge in [-0.25, -0.2) is 0 Å². The molecule has 2 aliphatic heterocycles. The molecule has 1 amide bonds. The number of hydrogen-bond donors (Lipinski definition) is 1. The number of amides is 1. The monoisotopic (exact) mass is 304 g/mol. The molecule has 2 atom stereocenters. The molecule has 1 N–H and O–H groups in total. The molecule has 0 unspecified atom stereocenters. The van der Waals surface area contributed by atoms with Crippen LogP contribution in [0.5, 0.6) is 0 Å². The largest absolute Gasteiger partial charge is 0.360 e. The predicted molar refractivity (Wildman–Crippen MR) is 82.8 cm³/mol. The molecule has 0 saturated carbocycles. The molecular weight excluding hydrogens is 284 g/mol. The molecule has 7 heteroatoms. The number of hydrogen-bond acceptors (Lipinski definition) is 5. The summed E-state index contributed by atoms with van der Waals surface area (Å²) >= 11 is 0. The van der Waals surface area contributed by atoms with Crippen molar-refractivity contribution >= 4 is 17.3 Å². The Morgan fingerprint density at radius 3 is 2.64 bits per heavy atom. The molecule has 0 radical (unpaired) electrons. The highest BCUT2D eigenvalue weighted by Crippen LogP contribution is 2.28. The molecule has 2 saturated heterocycles. The highest BCUT2D eigenvalue weighted by Gasteiger charge is 2.38. The number of rotatable bonds is 4. The molecular formula is C15H20N4O3. The van der Waals surface area contributed by atoms with Gasteiger partial charge in [-0.05, 0) is 17.9 Å². The molecule has 0 aromatic heterocycles. The smallest absolute Gasteiger partial charge is 0.292 e. The lowest BCUT2D eigenvalue weighted by Gasteiger charge is -2.23. The second-order valence-corrected chi connectivity index (χ2v) is 6.08. The van der Waals surface area contributed by atoms with Gasteiger partial charge in [-0.15, -0.1) is 0 Å². The fourth-order valence-electron chi connectivity index (χ4n) is 3.39. The van der Waals surface area contributed by atoms with Crippen LogP contribution in [-0.4, -0.2) is 55.5 Å². The van der Waals surface area contributed by atoms with Crippen LogP contribution in [0.4, 0.5) is 11.4 Å². The van der Waals surface area contributed by atoms with E-state index in [1.807, 2.05) is 4.90 Å². The van der Waals surface area contributed by atoms with Crippen LogP contribution in [0.1, 0.15) is 0 Å². The van der Waals surface area contributed by atoms with Gasteiger partial charge in [-0.2, -0.15) is 0 Å². The molecule has 22 heavy (non-hydrogen) atoms. The standard InChI is InChI=1S/C15H20N4O3/c1-17(13-4-2-3-5-14(13)19(21)22)10-15(20)18-8-11-6-16-7-12(11)9-18/h2-5,11-12,16H,6-10H2,1H3/t11-,12+. The SMILES string of the molecule is CN(CC(=O)N1C[C@H]2CNC[C@H]2C1)c1ccccc1[N+](=O)[O-]. The zero-order valence-electron chi connectivity index (χ0n) is 12.6. The Balaban J connectivity index is 1.66. The van der Waals surface area contributed by atoms with E-state index in [1.165, 1.54) is 6.07 Å². The van der Waals surface area contributed by atoms with Gasteiger partial charge in [0, 0.05) is 39.3 Å². The van der Waals surface area contributed by atoms with Gasteiger partial charge in [-0.3, -0.25) is 14.9 Å². The number of benzene rings is 1. The van der Waals surface area contributed by atoms with Gasteiger partial charge in [0.25, 0.3) is 5.69 Å². The zero-order chi connectivity index (χ0) is 15.7. The number of nitrogens with one attached hydrogen (secondary N) is 1. The number of nitro benzene ring substituents is 1. The van der Waals surface area contributed by atoms with Crippen LogP contribution in [0.2, 0.25) is 0 Å². The highest BCUT2D eigenvalue weighted by atomic mass is 16.6. The first-order chi connectivity index (χ1) is 10.6. The third kappa shape index (κ3) is 2.76. The first-order valence-corrected chi connectivity index (χ1v) is 7.49. The van der Waals surface area contributed by atoms with Crippen LogP contribution < -0.4 is 10.2 Å². The molecule has 2 fully saturated rings. The minimum atomic E-state index is -0.414. The van der Waals surface area contributed by atoms with Crippen LogP contribution in [0.25, 0.3) is 0 Å². The van der Waals surface area contributed by atoms with Crippen molar-refractivity contribution in [2.45, 2.75) is 0 Å². The average Bonchev–Trinajstić information content (AvgIpc) is 3.08. The summed E-state index contributed by atoms with van der Waals surface area (Å²) in [6.45, 7) is 3.71. The lowest BCUT2D eigenvalue weighted by atomic mass is 10.0. The molecule has 3 rings (SSSR count). The van der Waals surface area contributed by atoms with Crippen LogP contribution in [0.15, 0.2) is 24.3 Å². The third-order valence-corrected chi connectivity index (χ3v) is 4.60. The van der Waals surface area contributed by atoms with Crippen molar-refractivity contribution in [2.24, 2.45) is 11.8 Å². The molecule has 2 heterocycles. The molecule has 1 aromatic carbocycles. The van der Waals surface area contributed by atoms with E-state index in [4.69, 9.17) is 0 Å². The van der Waals surface area contributed by atoms with Crippen molar-refractivity contribution in [2.75, 3.05) is 44.7 Å². The minimum absolute atomic E-state index is 0.0280. The van der Waals surface area contributed by atoms with E-state index in [1.54, 1.807) is 30.1 Å². The Labute approximate surface area is 129 Å². The van der Waals surface area contributed by atoms with Crippen molar-refractivity contribution < 1.29 is 9.72 Å². The summed E-state index contributed by atoms with van der Waals surface area (Å²) < 4.78 is 0. The van der Waals surface area contributed by atoms with E-state index >= 15 is 0 Å². The molecule has 2 aliphatic rings. The second-order valence-electron chi connectivity index (χ2n) is 6.08. The van der Waals surface area contributed by atoms with Crippen molar-refractivity contribution in [1.29, 1.82) is 0 Å². The molecule has 7 nitrogen and oxygen atoms in total. The van der Waals surface area contributed by atoms with Crippen molar-refractivity contribution in [3.63, 3.8) is 0 Å². The van der Waals surface area contributed by atoms with Gasteiger partial charge in [0.2, 0.25) is 5.91 Å². The Bertz CT molecular complexity index is 580. The van der Waals surface area contributed by atoms with Gasteiger partial charge in [-0.1, -0.05) is 12.1 Å². The molecule has 1 aromatic rings. The molecule has 0 spiro atoms. The van der Waals surface area contributed by atoms with E-state index in [-0.39, 0.29) is 18.1 Å². The van der Waals surface area contributed by atoms with E-state index in [9.17, 15) is 14.9 Å². The highest BCUT2D eigenvalue weighted by molar-refractivity contribution is 5.82. The number of likely N-dealkylation sites (N-methyl/N-ethyl adjacent to an activating group) is 1. The van der Waals surface area contributed by atoms with Gasteiger partial charge in [0.05, 0.1) is 11.5 Å². The van der Waals surface area contributed by atoms with Crippen LogP contribution in [0.3, 0.4) is 0 Å². The maximum atomic E-state index is 12.4. The second kappa shape index (κ2) is 5.92. The van der Waals surface area contributed by atoms with Crippen LogP contribution >= 0.6 is 0 Å². The van der Waals surface area contributed by atoms with Crippen LogP contribution in [0, 0.1) is 22.0 Å². The first-order valence-electron chi connectivity index (χ1n) is 7.49. The molecule has 118 valence electrons. The van der Waals surface area contributed by atoms with Gasteiger partial charge < -0.3 is 15.1 Å².